The lowest BCUT2D eigenvalue weighted by atomic mass is 10.3. The van der Waals surface area contributed by atoms with Gasteiger partial charge < -0.3 is 4.52 Å². The normalized spacial score (nSPS) is 12.5. The summed E-state index contributed by atoms with van der Waals surface area (Å²) in [5.41, 5.74) is -0.435. The van der Waals surface area contributed by atoms with E-state index in [1.54, 1.807) is 6.92 Å². The first-order chi connectivity index (χ1) is 12.0. The number of halogens is 4. The average Bonchev–Trinajstić information content (AvgIpc) is 3.22. The molecule has 1 N–H and O–H groups in total. The van der Waals surface area contributed by atoms with E-state index < -0.39 is 21.9 Å². The van der Waals surface area contributed by atoms with Gasteiger partial charge in [-0.3, -0.25) is 4.68 Å². The molecule has 0 spiro atoms. The molecular weight excluding hydrogens is 461 g/mol. The summed E-state index contributed by atoms with van der Waals surface area (Å²) in [7, 11) is -2.82. The van der Waals surface area contributed by atoms with Crippen LogP contribution in [0, 0.1) is 6.92 Å². The van der Waals surface area contributed by atoms with Crippen LogP contribution in [0.5, 0.6) is 0 Å². The topological polar surface area (TPSA) is 90.0 Å². The third-order valence-corrected chi connectivity index (χ3v) is 7.15. The van der Waals surface area contributed by atoms with Crippen molar-refractivity contribution in [3.63, 3.8) is 0 Å². The largest absolute Gasteiger partial charge is 0.433 e. The Kier molecular flexibility index (Phi) is 4.65. The number of aryl methyl sites for hydroxylation is 2. The van der Waals surface area contributed by atoms with Crippen LogP contribution in [0.15, 0.2) is 31.4 Å². The van der Waals surface area contributed by atoms with E-state index in [1.807, 2.05) is 0 Å². The third kappa shape index (κ3) is 3.50. The first kappa shape index (κ1) is 18.9. The van der Waals surface area contributed by atoms with E-state index in [9.17, 15) is 21.6 Å². The maximum atomic E-state index is 12.9. The second kappa shape index (κ2) is 6.39. The molecule has 3 rings (SSSR count). The van der Waals surface area contributed by atoms with Crippen molar-refractivity contribution < 1.29 is 26.1 Å². The molecule has 0 unspecified atom stereocenters. The fraction of sp³-hybridized carbons (Fsp3) is 0.231. The first-order valence-corrected chi connectivity index (χ1v) is 9.94. The van der Waals surface area contributed by atoms with Gasteiger partial charge in [-0.1, -0.05) is 5.16 Å². The third-order valence-electron chi connectivity index (χ3n) is 3.29. The number of aromatic nitrogens is 3. The molecule has 0 saturated heterocycles. The highest BCUT2D eigenvalue weighted by molar-refractivity contribution is 9.10. The molecule has 0 aliphatic heterocycles. The second-order valence-electron chi connectivity index (χ2n) is 5.17. The minimum atomic E-state index is -4.55. The average molecular weight is 471 g/mol. The van der Waals surface area contributed by atoms with Gasteiger partial charge in [0.05, 0.1) is 10.6 Å². The molecule has 0 bridgehead atoms. The minimum Gasteiger partial charge on any atom is -0.336 e. The molecule has 0 aromatic carbocycles. The molecule has 0 saturated carbocycles. The van der Waals surface area contributed by atoms with Gasteiger partial charge >= 0.3 is 6.18 Å². The van der Waals surface area contributed by atoms with E-state index in [1.165, 1.54) is 19.2 Å². The van der Waals surface area contributed by atoms with Gasteiger partial charge in [0.1, 0.15) is 20.1 Å². The van der Waals surface area contributed by atoms with Crippen molar-refractivity contribution >= 4 is 43.2 Å². The van der Waals surface area contributed by atoms with Crippen molar-refractivity contribution in [3.8, 4) is 10.6 Å². The van der Waals surface area contributed by atoms with E-state index in [-0.39, 0.29) is 20.7 Å². The molecule has 0 aliphatic carbocycles. The number of hydrogen-bond acceptors (Lipinski definition) is 6. The van der Waals surface area contributed by atoms with Crippen molar-refractivity contribution in [2.24, 2.45) is 7.05 Å². The van der Waals surface area contributed by atoms with Gasteiger partial charge in [-0.25, -0.2) is 13.1 Å². The van der Waals surface area contributed by atoms with Crippen molar-refractivity contribution in [2.75, 3.05) is 4.72 Å². The second-order valence-corrected chi connectivity index (χ2v) is 8.96. The maximum absolute atomic E-state index is 12.9. The minimum absolute atomic E-state index is 0.0305. The van der Waals surface area contributed by atoms with Crippen LogP contribution in [-0.4, -0.2) is 23.4 Å². The van der Waals surface area contributed by atoms with Crippen LogP contribution in [0.2, 0.25) is 0 Å². The van der Waals surface area contributed by atoms with Crippen LogP contribution >= 0.6 is 27.3 Å². The Bertz CT molecular complexity index is 1070. The van der Waals surface area contributed by atoms with Gasteiger partial charge in [0.15, 0.2) is 0 Å². The summed E-state index contributed by atoms with van der Waals surface area (Å²) in [6, 6.07) is 3.54. The monoisotopic (exact) mass is 470 g/mol. The summed E-state index contributed by atoms with van der Waals surface area (Å²) in [4.78, 5) is 0.282. The number of anilines is 1. The van der Waals surface area contributed by atoms with Crippen LogP contribution in [0.3, 0.4) is 0 Å². The zero-order valence-corrected chi connectivity index (χ0v) is 16.3. The number of alkyl halides is 3. The fourth-order valence-corrected chi connectivity index (χ4v) is 4.68. The Morgan fingerprint density at radius 1 is 1.35 bits per heavy atom. The van der Waals surface area contributed by atoms with Crippen molar-refractivity contribution in [2.45, 2.75) is 17.3 Å². The molecule has 3 aromatic rings. The van der Waals surface area contributed by atoms with Crippen molar-refractivity contribution in [1.29, 1.82) is 0 Å². The summed E-state index contributed by atoms with van der Waals surface area (Å²) in [5.74, 6) is -0.0883. The number of hydrogen-bond donors (Lipinski definition) is 1. The van der Waals surface area contributed by atoms with E-state index in [0.29, 0.717) is 14.8 Å². The zero-order valence-electron chi connectivity index (χ0n) is 13.1. The number of nitrogens with zero attached hydrogens (tertiary/aromatic N) is 3. The summed E-state index contributed by atoms with van der Waals surface area (Å²) in [6.07, 6.45) is -4.55. The molecule has 13 heteroatoms. The molecule has 140 valence electrons. The van der Waals surface area contributed by atoms with Gasteiger partial charge in [0.2, 0.25) is 0 Å². The predicted molar refractivity (Wildman–Crippen MR) is 91.3 cm³/mol. The fourth-order valence-electron chi connectivity index (χ4n) is 2.05. The van der Waals surface area contributed by atoms with E-state index >= 15 is 0 Å². The van der Waals surface area contributed by atoms with Crippen molar-refractivity contribution in [3.05, 3.63) is 34.1 Å². The Labute approximate surface area is 158 Å². The molecule has 3 heterocycles. The Hall–Kier alpha value is -1.86. The summed E-state index contributed by atoms with van der Waals surface area (Å²) in [5, 5.41) is 7.42. The Morgan fingerprint density at radius 3 is 2.58 bits per heavy atom. The molecule has 7 nitrogen and oxygen atoms in total. The lowest BCUT2D eigenvalue weighted by Crippen LogP contribution is -2.11. The summed E-state index contributed by atoms with van der Waals surface area (Å²) < 4.78 is 71.5. The molecule has 3 aromatic heterocycles. The number of thiophene rings is 1. The Balaban J connectivity index is 1.91. The zero-order chi connectivity index (χ0) is 19.3. The quantitative estimate of drug-likeness (QED) is 0.621. The van der Waals surface area contributed by atoms with Crippen LogP contribution in [0.25, 0.3) is 10.6 Å². The van der Waals surface area contributed by atoms with E-state index in [0.717, 1.165) is 17.4 Å². The summed E-state index contributed by atoms with van der Waals surface area (Å²) in [6.45, 7) is 1.62. The van der Waals surface area contributed by atoms with Crippen LogP contribution in [0.4, 0.5) is 19.1 Å². The van der Waals surface area contributed by atoms with Gasteiger partial charge in [-0.05, 0) is 41.1 Å². The van der Waals surface area contributed by atoms with E-state index in [4.69, 9.17) is 4.52 Å². The molecule has 0 fully saturated rings. The smallest absolute Gasteiger partial charge is 0.336 e. The van der Waals surface area contributed by atoms with Crippen LogP contribution in [0.1, 0.15) is 11.4 Å². The van der Waals surface area contributed by atoms with E-state index in [2.05, 4.69) is 30.9 Å². The summed E-state index contributed by atoms with van der Waals surface area (Å²) >= 11 is 3.93. The highest BCUT2D eigenvalue weighted by Crippen LogP contribution is 2.36. The number of nitrogens with one attached hydrogen (secondary N) is 1. The molecular formula is C13H10BrF3N4O3S2. The highest BCUT2D eigenvalue weighted by atomic mass is 79.9. The maximum Gasteiger partial charge on any atom is 0.433 e. The van der Waals surface area contributed by atoms with Gasteiger partial charge in [0, 0.05) is 7.05 Å². The van der Waals surface area contributed by atoms with Gasteiger partial charge in [-0.2, -0.15) is 18.3 Å². The predicted octanol–water partition coefficient (Wildman–Crippen LogP) is 4.03. The van der Waals surface area contributed by atoms with Gasteiger partial charge in [-0.15, -0.1) is 11.3 Å². The number of rotatable bonds is 4. The number of sulfonamides is 1. The molecule has 0 atom stereocenters. The lowest BCUT2D eigenvalue weighted by Gasteiger charge is -2.04. The van der Waals surface area contributed by atoms with Gasteiger partial charge in [0.25, 0.3) is 15.9 Å². The lowest BCUT2D eigenvalue weighted by molar-refractivity contribution is -0.143. The molecule has 0 radical (unpaired) electrons. The van der Waals surface area contributed by atoms with Crippen molar-refractivity contribution in [1.82, 2.24) is 14.9 Å². The Morgan fingerprint density at radius 2 is 2.04 bits per heavy atom. The SMILES string of the molecule is Cc1noc(NS(=O)(=O)c2ccc(-c3cc(C(F)(F)F)n(C)n3)s2)c1Br. The highest BCUT2D eigenvalue weighted by Gasteiger charge is 2.35. The van der Waals surface area contributed by atoms with Crippen LogP contribution in [-0.2, 0) is 23.2 Å². The molecule has 0 amide bonds. The molecule has 0 aliphatic rings. The standard InChI is InChI=1S/C13H10BrF3N4O3S2/c1-6-11(14)12(24-19-6)20-26(22,23)10-4-3-8(25-10)7-5-9(13(15,16)17)21(2)18-7/h3-5,20H,1-2H3. The first-order valence-electron chi connectivity index (χ1n) is 6.85. The van der Waals surface area contributed by atoms with Crippen LogP contribution < -0.4 is 4.72 Å². The molecule has 26 heavy (non-hydrogen) atoms.